The van der Waals surface area contributed by atoms with E-state index in [9.17, 15) is 4.39 Å². The Balaban J connectivity index is 2.01. The number of anilines is 2. The molecule has 0 spiro atoms. The largest absolute Gasteiger partial charge is 0.324 e. The van der Waals surface area contributed by atoms with Gasteiger partial charge in [0.25, 0.3) is 0 Å². The topological polar surface area (TPSA) is 50.7 Å². The van der Waals surface area contributed by atoms with E-state index in [-0.39, 0.29) is 5.82 Å². The fourth-order valence-electron chi connectivity index (χ4n) is 1.68. The summed E-state index contributed by atoms with van der Waals surface area (Å²) < 4.78 is 13.6. The van der Waals surface area contributed by atoms with Crippen molar-refractivity contribution in [2.24, 2.45) is 0 Å². The van der Waals surface area contributed by atoms with E-state index in [1.54, 1.807) is 30.7 Å². The van der Waals surface area contributed by atoms with Crippen LogP contribution in [0.15, 0.2) is 48.9 Å². The Bertz CT molecular complexity index is 685. The maximum Gasteiger partial charge on any atom is 0.150 e. The number of aromatic nitrogens is 3. The van der Waals surface area contributed by atoms with Crippen LogP contribution < -0.4 is 5.32 Å². The Morgan fingerprint density at radius 2 is 1.94 bits per heavy atom. The smallest absolute Gasteiger partial charge is 0.150 e. The summed E-state index contributed by atoms with van der Waals surface area (Å²) >= 11 is 0. The number of rotatable bonds is 2. The molecule has 0 saturated heterocycles. The molecule has 2 heterocycles. The summed E-state index contributed by atoms with van der Waals surface area (Å²) in [6.07, 6.45) is 4.73. The molecule has 4 nitrogen and oxygen atoms in total. The Morgan fingerprint density at radius 3 is 2.78 bits per heavy atom. The van der Waals surface area contributed by atoms with Gasteiger partial charge in [0.2, 0.25) is 0 Å². The van der Waals surface area contributed by atoms with E-state index in [1.807, 2.05) is 12.1 Å². The van der Waals surface area contributed by atoms with E-state index in [4.69, 9.17) is 0 Å². The lowest BCUT2D eigenvalue weighted by molar-refractivity contribution is 0.637. The van der Waals surface area contributed by atoms with E-state index in [0.717, 1.165) is 5.39 Å². The Kier molecular flexibility index (Phi) is 2.57. The molecule has 0 aliphatic carbocycles. The second-order valence-electron chi connectivity index (χ2n) is 3.72. The highest BCUT2D eigenvalue weighted by atomic mass is 19.1. The van der Waals surface area contributed by atoms with Crippen molar-refractivity contribution in [3.63, 3.8) is 0 Å². The molecule has 0 fully saturated rings. The van der Waals surface area contributed by atoms with Crippen LogP contribution in [-0.4, -0.2) is 15.0 Å². The monoisotopic (exact) mass is 240 g/mol. The van der Waals surface area contributed by atoms with Crippen LogP contribution in [0, 0.1) is 5.82 Å². The number of hydrogen-bond donors (Lipinski definition) is 1. The van der Waals surface area contributed by atoms with Crippen LogP contribution in [0.25, 0.3) is 10.9 Å². The van der Waals surface area contributed by atoms with E-state index in [1.165, 1.54) is 6.07 Å². The van der Waals surface area contributed by atoms with Crippen LogP contribution in [0.1, 0.15) is 0 Å². The van der Waals surface area contributed by atoms with Crippen molar-refractivity contribution in [1.29, 1.82) is 0 Å². The minimum Gasteiger partial charge on any atom is -0.324 e. The number of fused-ring (bicyclic) bond motifs is 1. The average Bonchev–Trinajstić information content (AvgIpc) is 2.41. The third-order valence-electron chi connectivity index (χ3n) is 2.49. The van der Waals surface area contributed by atoms with Crippen molar-refractivity contribution in [1.82, 2.24) is 15.0 Å². The Labute approximate surface area is 103 Å². The van der Waals surface area contributed by atoms with Gasteiger partial charge in [-0.2, -0.15) is 0 Å². The molecule has 0 aliphatic heterocycles. The molecule has 0 radical (unpaired) electrons. The van der Waals surface area contributed by atoms with Crippen LogP contribution >= 0.6 is 0 Å². The average molecular weight is 240 g/mol. The summed E-state index contributed by atoms with van der Waals surface area (Å²) in [4.78, 5) is 12.2. The number of para-hydroxylation sites is 1. The molecule has 1 N–H and O–H groups in total. The van der Waals surface area contributed by atoms with Crippen molar-refractivity contribution in [2.45, 2.75) is 0 Å². The van der Waals surface area contributed by atoms with E-state index in [0.29, 0.717) is 17.2 Å². The molecule has 88 valence electrons. The second kappa shape index (κ2) is 4.37. The molecule has 0 atom stereocenters. The summed E-state index contributed by atoms with van der Waals surface area (Å²) in [6.45, 7) is 0. The standard InChI is InChI=1S/C13H9FN4/c14-10-3-1-2-9-4-5-11(18-13(9)10)17-12-8-15-6-7-16-12/h1-8H,(H,16,17,18). The fraction of sp³-hybridized carbons (Fsp3) is 0. The summed E-state index contributed by atoms with van der Waals surface area (Å²) in [5.41, 5.74) is 0.339. The highest BCUT2D eigenvalue weighted by Gasteiger charge is 2.03. The molecule has 0 amide bonds. The van der Waals surface area contributed by atoms with Crippen LogP contribution in [0.4, 0.5) is 16.0 Å². The highest BCUT2D eigenvalue weighted by Crippen LogP contribution is 2.19. The lowest BCUT2D eigenvalue weighted by Gasteiger charge is -2.05. The molecule has 0 saturated carbocycles. The highest BCUT2D eigenvalue weighted by molar-refractivity contribution is 5.81. The molecule has 3 rings (SSSR count). The third kappa shape index (κ3) is 1.98. The molecule has 3 aromatic rings. The minimum absolute atomic E-state index is 0.338. The van der Waals surface area contributed by atoms with Gasteiger partial charge in [-0.25, -0.2) is 14.4 Å². The van der Waals surface area contributed by atoms with Crippen LogP contribution in [-0.2, 0) is 0 Å². The molecule has 0 aliphatic rings. The van der Waals surface area contributed by atoms with Crippen LogP contribution in [0.5, 0.6) is 0 Å². The molecular weight excluding hydrogens is 231 g/mol. The van der Waals surface area contributed by atoms with Gasteiger partial charge in [-0.3, -0.25) is 4.98 Å². The summed E-state index contributed by atoms with van der Waals surface area (Å²) in [5, 5.41) is 3.74. The molecular formula is C13H9FN4. The zero-order valence-electron chi connectivity index (χ0n) is 9.34. The first-order valence-electron chi connectivity index (χ1n) is 5.41. The predicted molar refractivity (Wildman–Crippen MR) is 67.0 cm³/mol. The fourth-order valence-corrected chi connectivity index (χ4v) is 1.68. The zero-order chi connectivity index (χ0) is 12.4. The molecule has 0 unspecified atom stereocenters. The van der Waals surface area contributed by atoms with E-state index < -0.39 is 0 Å². The molecule has 0 bridgehead atoms. The molecule has 2 aromatic heterocycles. The van der Waals surface area contributed by atoms with Gasteiger partial charge in [0.05, 0.1) is 6.20 Å². The SMILES string of the molecule is Fc1cccc2ccc(Nc3cnccn3)nc12. The van der Waals surface area contributed by atoms with Gasteiger partial charge in [0, 0.05) is 17.8 Å². The van der Waals surface area contributed by atoms with Crippen molar-refractivity contribution in [3.05, 3.63) is 54.7 Å². The van der Waals surface area contributed by atoms with Gasteiger partial charge < -0.3 is 5.32 Å². The molecule has 18 heavy (non-hydrogen) atoms. The zero-order valence-corrected chi connectivity index (χ0v) is 9.34. The van der Waals surface area contributed by atoms with Crippen molar-refractivity contribution < 1.29 is 4.39 Å². The Hall–Kier alpha value is -2.56. The lowest BCUT2D eigenvalue weighted by Crippen LogP contribution is -1.97. The maximum absolute atomic E-state index is 13.6. The molecule has 1 aromatic carbocycles. The van der Waals surface area contributed by atoms with Crippen molar-refractivity contribution >= 4 is 22.5 Å². The van der Waals surface area contributed by atoms with Gasteiger partial charge in [0.1, 0.15) is 23.0 Å². The number of nitrogens with zero attached hydrogens (tertiary/aromatic N) is 3. The quantitative estimate of drug-likeness (QED) is 0.748. The lowest BCUT2D eigenvalue weighted by atomic mass is 10.2. The van der Waals surface area contributed by atoms with Gasteiger partial charge in [-0.05, 0) is 18.2 Å². The summed E-state index contributed by atoms with van der Waals surface area (Å²) in [5.74, 6) is 0.768. The van der Waals surface area contributed by atoms with Gasteiger partial charge in [-0.1, -0.05) is 12.1 Å². The normalized spacial score (nSPS) is 10.5. The third-order valence-corrected chi connectivity index (χ3v) is 2.49. The second-order valence-corrected chi connectivity index (χ2v) is 3.72. The van der Waals surface area contributed by atoms with Crippen LogP contribution in [0.3, 0.4) is 0 Å². The predicted octanol–water partition coefficient (Wildman–Crippen LogP) is 2.91. The van der Waals surface area contributed by atoms with Crippen molar-refractivity contribution in [3.8, 4) is 0 Å². The van der Waals surface area contributed by atoms with Gasteiger partial charge >= 0.3 is 0 Å². The molecule has 5 heteroatoms. The number of benzene rings is 1. The van der Waals surface area contributed by atoms with Gasteiger partial charge in [0.15, 0.2) is 0 Å². The van der Waals surface area contributed by atoms with Crippen LogP contribution in [0.2, 0.25) is 0 Å². The number of halogens is 1. The van der Waals surface area contributed by atoms with Crippen molar-refractivity contribution in [2.75, 3.05) is 5.32 Å². The number of nitrogens with one attached hydrogen (secondary N) is 1. The van der Waals surface area contributed by atoms with E-state index in [2.05, 4.69) is 20.3 Å². The number of hydrogen-bond acceptors (Lipinski definition) is 4. The maximum atomic E-state index is 13.6. The summed E-state index contributed by atoms with van der Waals surface area (Å²) in [7, 11) is 0. The first-order valence-corrected chi connectivity index (χ1v) is 5.41. The first-order chi connectivity index (χ1) is 8.83. The minimum atomic E-state index is -0.338. The van der Waals surface area contributed by atoms with E-state index >= 15 is 0 Å². The summed E-state index contributed by atoms with van der Waals surface area (Å²) in [6, 6.07) is 8.45. The van der Waals surface area contributed by atoms with Gasteiger partial charge in [-0.15, -0.1) is 0 Å². The Morgan fingerprint density at radius 1 is 1.00 bits per heavy atom. The first kappa shape index (κ1) is 10.6. The number of pyridine rings is 1.